The normalized spacial score (nSPS) is 26.7. The molecule has 0 aliphatic carbocycles. The molecule has 1 aliphatic heterocycles. The first-order valence-corrected chi connectivity index (χ1v) is 31.0. The van der Waals surface area contributed by atoms with E-state index in [1.54, 1.807) is 46.8 Å². The van der Waals surface area contributed by atoms with E-state index in [0.717, 1.165) is 14.7 Å². The Morgan fingerprint density at radius 2 is 0.872 bits per heavy atom. The summed E-state index contributed by atoms with van der Waals surface area (Å²) in [5.41, 5.74) is 0. The summed E-state index contributed by atoms with van der Waals surface area (Å²) in [6.07, 6.45) is 3.19. The Labute approximate surface area is 515 Å². The number of carbonyl (C=O) groups excluding carboxylic acids is 11. The Bertz CT molecular complexity index is 2340. The lowest BCUT2D eigenvalue weighted by atomic mass is 9.91. The van der Waals surface area contributed by atoms with Gasteiger partial charge in [0.2, 0.25) is 65.0 Å². The number of aliphatic hydroxyl groups excluding tert-OH is 1. The third-order valence-corrected chi connectivity index (χ3v) is 16.3. The summed E-state index contributed by atoms with van der Waals surface area (Å²) >= 11 is 0. The maximum atomic E-state index is 15.1. The Morgan fingerprint density at radius 3 is 1.34 bits per heavy atom. The van der Waals surface area contributed by atoms with Crippen molar-refractivity contribution in [2.45, 2.75) is 229 Å². The molecule has 1 heterocycles. The number of likely N-dealkylation sites (N-methyl/N-ethyl adjacent to an activating group) is 7. The minimum absolute atomic E-state index is 0.0234. The molecule has 86 heavy (non-hydrogen) atoms. The second-order valence-corrected chi connectivity index (χ2v) is 26.5. The number of carbonyl (C=O) groups is 11. The highest BCUT2D eigenvalue weighted by atomic mass is 16.3. The van der Waals surface area contributed by atoms with E-state index < -0.39 is 150 Å². The predicted molar refractivity (Wildman–Crippen MR) is 333 cm³/mol. The molecule has 1 saturated heterocycles. The summed E-state index contributed by atoms with van der Waals surface area (Å²) in [6, 6.07) is -12.3. The second kappa shape index (κ2) is 35.6. The minimum Gasteiger partial charge on any atom is -0.390 e. The number of rotatable bonds is 16. The molecule has 0 aromatic carbocycles. The largest absolute Gasteiger partial charge is 0.390 e. The summed E-state index contributed by atoms with van der Waals surface area (Å²) in [4.78, 5) is 169. The molecular formula is C63H113N11O12. The van der Waals surface area contributed by atoms with Crippen LogP contribution in [0, 0.1) is 41.4 Å². The third kappa shape index (κ3) is 22.2. The van der Waals surface area contributed by atoms with Crippen molar-refractivity contribution in [3.05, 3.63) is 12.2 Å². The SMILES string of the molecule is C/C=C/C[C@@H](C)[C@@H](O)[C@H]1C(=O)N[C@@H](CC)C(=O)N(C)CC(=O)N(C)[C@@H](C)C(=O)N[C@@H](CC(C)C)C(=O)N(C)[C@@H](CC(C)C)C(=O)N[C@@H](CC(C)C)C(=O)N[C@H](C)C(=O)N(C)[C@@H](CC(C)C)C(=O)N(C)[C@@H](CC(C)C)C(=O)N(C)[C@@H](C(C)C)C(=O)N1C. The van der Waals surface area contributed by atoms with Crippen molar-refractivity contribution in [1.29, 1.82) is 0 Å². The van der Waals surface area contributed by atoms with Crippen molar-refractivity contribution in [2.24, 2.45) is 41.4 Å². The maximum Gasteiger partial charge on any atom is 0.246 e. The molecular weight excluding hydrogens is 1100 g/mol. The van der Waals surface area contributed by atoms with E-state index in [4.69, 9.17) is 0 Å². The maximum absolute atomic E-state index is 15.1. The fraction of sp³-hybridized carbons (Fsp3) is 0.794. The van der Waals surface area contributed by atoms with Crippen LogP contribution in [-0.4, -0.2) is 227 Å². The zero-order valence-electron chi connectivity index (χ0n) is 56.8. The number of aliphatic hydroxyl groups is 1. The summed E-state index contributed by atoms with van der Waals surface area (Å²) in [5.74, 6) is -9.28. The van der Waals surface area contributed by atoms with Gasteiger partial charge in [-0.1, -0.05) is 109 Å². The van der Waals surface area contributed by atoms with Crippen molar-refractivity contribution in [1.82, 2.24) is 55.6 Å². The number of hydrogen-bond donors (Lipinski definition) is 5. The lowest BCUT2D eigenvalue weighted by Gasteiger charge is -2.41. The summed E-state index contributed by atoms with van der Waals surface area (Å²) in [6.45, 7) is 29.7. The molecule has 0 aromatic heterocycles. The van der Waals surface area contributed by atoms with E-state index in [-0.39, 0.29) is 68.1 Å². The number of hydrogen-bond acceptors (Lipinski definition) is 12. The smallest absolute Gasteiger partial charge is 0.246 e. The van der Waals surface area contributed by atoms with Gasteiger partial charge in [-0.25, -0.2) is 0 Å². The fourth-order valence-electron chi connectivity index (χ4n) is 10.8. The number of nitrogens with one attached hydrogen (secondary N) is 4. The van der Waals surface area contributed by atoms with Crippen LogP contribution in [0.15, 0.2) is 12.2 Å². The van der Waals surface area contributed by atoms with Crippen LogP contribution in [0.3, 0.4) is 0 Å². The quantitative estimate of drug-likeness (QED) is 0.139. The van der Waals surface area contributed by atoms with Crippen LogP contribution in [0.4, 0.5) is 0 Å². The van der Waals surface area contributed by atoms with Gasteiger partial charge in [0, 0.05) is 49.3 Å². The highest BCUT2D eigenvalue weighted by Crippen LogP contribution is 2.25. The average Bonchev–Trinajstić information content (AvgIpc) is 1.32. The molecule has 0 saturated carbocycles. The Balaban J connectivity index is 4.34. The number of nitrogens with zero attached hydrogens (tertiary/aromatic N) is 7. The van der Waals surface area contributed by atoms with Gasteiger partial charge in [0.05, 0.1) is 12.6 Å². The van der Waals surface area contributed by atoms with Crippen molar-refractivity contribution in [3.63, 3.8) is 0 Å². The van der Waals surface area contributed by atoms with E-state index in [9.17, 15) is 43.5 Å². The van der Waals surface area contributed by atoms with Gasteiger partial charge in [-0.3, -0.25) is 52.7 Å². The molecule has 12 atom stereocenters. The lowest BCUT2D eigenvalue weighted by Crippen LogP contribution is -2.63. The molecule has 0 bridgehead atoms. The van der Waals surface area contributed by atoms with Gasteiger partial charge in [0.1, 0.15) is 60.4 Å². The van der Waals surface area contributed by atoms with Crippen LogP contribution >= 0.6 is 0 Å². The Kier molecular flexibility index (Phi) is 32.3. The molecule has 0 radical (unpaired) electrons. The predicted octanol–water partition coefficient (Wildman–Crippen LogP) is 3.66. The first-order valence-electron chi connectivity index (χ1n) is 31.0. The molecule has 5 N–H and O–H groups in total. The van der Waals surface area contributed by atoms with Gasteiger partial charge in [-0.2, -0.15) is 0 Å². The van der Waals surface area contributed by atoms with Crippen molar-refractivity contribution in [2.75, 3.05) is 55.9 Å². The number of amides is 11. The van der Waals surface area contributed by atoms with Crippen LogP contribution in [0.1, 0.15) is 163 Å². The molecule has 1 fully saturated rings. The molecule has 0 spiro atoms. The van der Waals surface area contributed by atoms with Crippen LogP contribution in [-0.2, 0) is 52.7 Å². The molecule has 492 valence electrons. The average molecular weight is 1220 g/mol. The zero-order valence-corrected chi connectivity index (χ0v) is 56.8. The summed E-state index contributed by atoms with van der Waals surface area (Å²) < 4.78 is 0. The molecule has 1 aliphatic rings. The summed E-state index contributed by atoms with van der Waals surface area (Å²) in [5, 5.41) is 23.2. The topological polar surface area (TPSA) is 279 Å². The van der Waals surface area contributed by atoms with E-state index >= 15 is 14.4 Å². The van der Waals surface area contributed by atoms with Gasteiger partial charge < -0.3 is 60.7 Å². The van der Waals surface area contributed by atoms with E-state index in [2.05, 4.69) is 21.3 Å². The molecule has 0 aromatic rings. The van der Waals surface area contributed by atoms with Gasteiger partial charge in [-0.05, 0) is 107 Å². The minimum atomic E-state index is -1.61. The molecule has 23 nitrogen and oxygen atoms in total. The molecule has 1 rings (SSSR count). The van der Waals surface area contributed by atoms with E-state index in [1.165, 1.54) is 82.8 Å². The van der Waals surface area contributed by atoms with Crippen molar-refractivity contribution < 1.29 is 57.8 Å². The Hall–Kier alpha value is -6.13. The van der Waals surface area contributed by atoms with Crippen molar-refractivity contribution >= 4 is 65.0 Å². The van der Waals surface area contributed by atoms with Crippen LogP contribution in [0.25, 0.3) is 0 Å². The van der Waals surface area contributed by atoms with Gasteiger partial charge >= 0.3 is 0 Å². The molecule has 0 unspecified atom stereocenters. The monoisotopic (exact) mass is 1220 g/mol. The Morgan fingerprint density at radius 1 is 0.453 bits per heavy atom. The zero-order chi connectivity index (χ0) is 66.7. The number of allylic oxidation sites excluding steroid dienone is 2. The lowest BCUT2D eigenvalue weighted by molar-refractivity contribution is -0.157. The standard InChI is InChI=1S/C63H113N11O12/c1-25-27-28-41(15)53(76)52-57(80)65-44(26-2)59(82)68(18)34-50(75)69(19)43(17)54(77)67-46(30-36(5)6)60(83)70(20)47(31-37(7)8)56(79)66-45(29-35(3)4)55(78)64-42(16)58(81)71(21)48(32-38(9)10)61(84)72(22)49(33-39(11)12)62(85)73(23)51(40(13)14)63(86)74(52)24/h25,27,35-49,51-53,76H,26,28-34H2,1-24H3,(H,64,78)(H,65,80)(H,66,79)(H,67,77)/b27-25+/t41-,42-,43+,44+,45+,46+,47+,48+,49+,51+,52+,53-/m1/s1. The van der Waals surface area contributed by atoms with E-state index in [0.29, 0.717) is 6.42 Å². The van der Waals surface area contributed by atoms with Crippen LogP contribution in [0.2, 0.25) is 0 Å². The summed E-state index contributed by atoms with van der Waals surface area (Å²) in [7, 11) is 9.90. The molecule has 11 amide bonds. The van der Waals surface area contributed by atoms with Gasteiger partial charge in [-0.15, -0.1) is 0 Å². The highest BCUT2D eigenvalue weighted by molar-refractivity contribution is 5.99. The second-order valence-electron chi connectivity index (χ2n) is 26.5. The molecule has 23 heteroatoms. The van der Waals surface area contributed by atoms with Crippen LogP contribution in [0.5, 0.6) is 0 Å². The fourth-order valence-corrected chi connectivity index (χ4v) is 10.8. The van der Waals surface area contributed by atoms with Crippen LogP contribution < -0.4 is 21.3 Å². The van der Waals surface area contributed by atoms with Gasteiger partial charge in [0.25, 0.3) is 0 Å². The van der Waals surface area contributed by atoms with Gasteiger partial charge in [0.15, 0.2) is 0 Å². The first-order chi connectivity index (χ1) is 39.7. The van der Waals surface area contributed by atoms with E-state index in [1.807, 2.05) is 69.2 Å². The third-order valence-electron chi connectivity index (χ3n) is 16.3. The highest BCUT2D eigenvalue weighted by Gasteiger charge is 2.45. The van der Waals surface area contributed by atoms with Crippen molar-refractivity contribution in [3.8, 4) is 0 Å². The first kappa shape index (κ1) is 77.9.